The second kappa shape index (κ2) is 6.93. The summed E-state index contributed by atoms with van der Waals surface area (Å²) in [6, 6.07) is 2.14. The van der Waals surface area contributed by atoms with Gasteiger partial charge in [0, 0.05) is 18.5 Å². The van der Waals surface area contributed by atoms with Crippen LogP contribution in [-0.2, 0) is 16.0 Å². The first-order valence-corrected chi connectivity index (χ1v) is 8.77. The third kappa shape index (κ3) is 4.15. The number of pyridine rings is 1. The Morgan fingerprint density at radius 2 is 2.21 bits per heavy atom. The molecule has 0 spiro atoms. The van der Waals surface area contributed by atoms with Crippen molar-refractivity contribution in [2.24, 2.45) is 5.41 Å². The molecule has 0 unspecified atom stereocenters. The normalized spacial score (nSPS) is 17.5. The molecule has 130 valence electrons. The highest BCUT2D eigenvalue weighted by Gasteiger charge is 2.21. The number of ether oxygens (including phenoxy) is 1. The van der Waals surface area contributed by atoms with Crippen LogP contribution in [0.3, 0.4) is 0 Å². The van der Waals surface area contributed by atoms with E-state index >= 15 is 0 Å². The molecule has 2 aliphatic heterocycles. The van der Waals surface area contributed by atoms with Crippen LogP contribution in [0.5, 0.6) is 0 Å². The number of hydrogen-bond donors (Lipinski definition) is 2. The smallest absolute Gasteiger partial charge is 0.226 e. The van der Waals surface area contributed by atoms with E-state index < -0.39 is 0 Å². The summed E-state index contributed by atoms with van der Waals surface area (Å²) in [5.41, 5.74) is 4.32. The maximum Gasteiger partial charge on any atom is 0.226 e. The van der Waals surface area contributed by atoms with Crippen molar-refractivity contribution in [1.29, 1.82) is 0 Å². The Bertz CT molecular complexity index is 659. The average molecular weight is 329 g/mol. The fraction of sp³-hybridized carbons (Fsp3) is 0.579. The summed E-state index contributed by atoms with van der Waals surface area (Å²) in [7, 11) is 0. The van der Waals surface area contributed by atoms with Gasteiger partial charge in [-0.15, -0.1) is 0 Å². The molecule has 24 heavy (non-hydrogen) atoms. The van der Waals surface area contributed by atoms with Crippen molar-refractivity contribution < 1.29 is 9.53 Å². The number of anilines is 2. The van der Waals surface area contributed by atoms with E-state index in [9.17, 15) is 4.79 Å². The van der Waals surface area contributed by atoms with Crippen molar-refractivity contribution >= 4 is 23.0 Å². The van der Waals surface area contributed by atoms with Gasteiger partial charge in [0.15, 0.2) is 0 Å². The van der Waals surface area contributed by atoms with Crippen molar-refractivity contribution in [3.63, 3.8) is 0 Å². The van der Waals surface area contributed by atoms with Crippen molar-refractivity contribution in [2.75, 3.05) is 30.4 Å². The van der Waals surface area contributed by atoms with Crippen LogP contribution in [0.25, 0.3) is 5.57 Å². The maximum absolute atomic E-state index is 12.4. The Labute approximate surface area is 143 Å². The zero-order chi connectivity index (χ0) is 17.2. The highest BCUT2D eigenvalue weighted by molar-refractivity contribution is 5.94. The Kier molecular flexibility index (Phi) is 4.90. The lowest BCUT2D eigenvalue weighted by Gasteiger charge is -2.23. The molecule has 3 rings (SSSR count). The van der Waals surface area contributed by atoms with Gasteiger partial charge in [-0.05, 0) is 36.3 Å². The minimum Gasteiger partial charge on any atom is -0.384 e. The second-order valence-electron chi connectivity index (χ2n) is 7.75. The van der Waals surface area contributed by atoms with Gasteiger partial charge >= 0.3 is 0 Å². The van der Waals surface area contributed by atoms with E-state index in [1.807, 2.05) is 0 Å². The SMILES string of the molecule is CC(C)(C)CC(=O)Nc1nc2c(cc1C1=CCOCC1)NCCC2. The third-order valence-electron chi connectivity index (χ3n) is 4.27. The van der Waals surface area contributed by atoms with E-state index in [1.165, 1.54) is 5.57 Å². The third-order valence-corrected chi connectivity index (χ3v) is 4.27. The van der Waals surface area contributed by atoms with Crippen molar-refractivity contribution in [2.45, 2.75) is 46.5 Å². The van der Waals surface area contributed by atoms with Gasteiger partial charge in [-0.2, -0.15) is 0 Å². The number of hydrogen-bond acceptors (Lipinski definition) is 4. The number of nitrogens with zero attached hydrogens (tertiary/aromatic N) is 1. The highest BCUT2D eigenvalue weighted by atomic mass is 16.5. The Hall–Kier alpha value is -1.88. The molecule has 0 fully saturated rings. The van der Waals surface area contributed by atoms with Crippen molar-refractivity contribution in [3.05, 3.63) is 23.4 Å². The highest BCUT2D eigenvalue weighted by Crippen LogP contribution is 2.33. The fourth-order valence-electron chi connectivity index (χ4n) is 3.14. The molecular formula is C19H27N3O2. The fourth-order valence-corrected chi connectivity index (χ4v) is 3.14. The molecule has 5 heteroatoms. The first-order chi connectivity index (χ1) is 11.4. The molecule has 0 bridgehead atoms. The second-order valence-corrected chi connectivity index (χ2v) is 7.75. The molecule has 2 aliphatic rings. The Balaban J connectivity index is 1.93. The van der Waals surface area contributed by atoms with Crippen molar-refractivity contribution in [1.82, 2.24) is 4.98 Å². The minimum absolute atomic E-state index is 0.0210. The van der Waals surface area contributed by atoms with E-state index in [-0.39, 0.29) is 11.3 Å². The van der Waals surface area contributed by atoms with Crippen LogP contribution in [0.4, 0.5) is 11.5 Å². The molecule has 1 amide bonds. The van der Waals surface area contributed by atoms with Gasteiger partial charge in [0.2, 0.25) is 5.91 Å². The van der Waals surface area contributed by atoms with Gasteiger partial charge in [0.1, 0.15) is 5.82 Å². The maximum atomic E-state index is 12.4. The van der Waals surface area contributed by atoms with Gasteiger partial charge in [-0.1, -0.05) is 26.8 Å². The number of carbonyl (C=O) groups is 1. The summed E-state index contributed by atoms with van der Waals surface area (Å²) in [6.45, 7) is 8.52. The number of amides is 1. The molecule has 3 heterocycles. The summed E-state index contributed by atoms with van der Waals surface area (Å²) in [6.07, 6.45) is 5.45. The molecule has 0 aliphatic carbocycles. The number of fused-ring (bicyclic) bond motifs is 1. The summed E-state index contributed by atoms with van der Waals surface area (Å²) >= 11 is 0. The van der Waals surface area contributed by atoms with Crippen LogP contribution in [0.2, 0.25) is 0 Å². The molecule has 0 saturated carbocycles. The quantitative estimate of drug-likeness (QED) is 0.889. The lowest BCUT2D eigenvalue weighted by atomic mass is 9.92. The average Bonchev–Trinajstić information content (AvgIpc) is 2.53. The predicted molar refractivity (Wildman–Crippen MR) is 97.2 cm³/mol. The molecule has 0 radical (unpaired) electrons. The molecule has 0 atom stereocenters. The van der Waals surface area contributed by atoms with Gasteiger partial charge in [-0.3, -0.25) is 4.79 Å². The molecule has 2 N–H and O–H groups in total. The van der Waals surface area contributed by atoms with Crippen LogP contribution in [0.15, 0.2) is 12.1 Å². The van der Waals surface area contributed by atoms with E-state index in [0.717, 1.165) is 42.8 Å². The number of rotatable bonds is 3. The first kappa shape index (κ1) is 17.0. The van der Waals surface area contributed by atoms with Gasteiger partial charge < -0.3 is 15.4 Å². The van der Waals surface area contributed by atoms with Crippen LogP contribution < -0.4 is 10.6 Å². The molecule has 0 aromatic carbocycles. The largest absolute Gasteiger partial charge is 0.384 e. The van der Waals surface area contributed by atoms with Gasteiger partial charge in [0.25, 0.3) is 0 Å². The zero-order valence-electron chi connectivity index (χ0n) is 14.9. The Morgan fingerprint density at radius 1 is 1.38 bits per heavy atom. The number of aryl methyl sites for hydroxylation is 1. The molecule has 1 aromatic heterocycles. The summed E-state index contributed by atoms with van der Waals surface area (Å²) in [4.78, 5) is 17.2. The van der Waals surface area contributed by atoms with E-state index in [1.54, 1.807) is 0 Å². The van der Waals surface area contributed by atoms with Gasteiger partial charge in [-0.25, -0.2) is 4.98 Å². The van der Waals surface area contributed by atoms with E-state index in [2.05, 4.69) is 43.5 Å². The summed E-state index contributed by atoms with van der Waals surface area (Å²) in [5.74, 6) is 0.715. The summed E-state index contributed by atoms with van der Waals surface area (Å²) in [5, 5.41) is 6.48. The monoisotopic (exact) mass is 329 g/mol. The lowest BCUT2D eigenvalue weighted by molar-refractivity contribution is -0.117. The lowest BCUT2D eigenvalue weighted by Crippen LogP contribution is -2.22. The molecule has 1 aromatic rings. The number of aromatic nitrogens is 1. The number of nitrogens with one attached hydrogen (secondary N) is 2. The van der Waals surface area contributed by atoms with Crippen LogP contribution in [0, 0.1) is 5.41 Å². The zero-order valence-corrected chi connectivity index (χ0v) is 14.9. The van der Waals surface area contributed by atoms with Crippen molar-refractivity contribution in [3.8, 4) is 0 Å². The standard InChI is InChI=1S/C19H27N3O2/c1-19(2,3)12-17(23)22-18-14(13-6-9-24-10-7-13)11-16-15(21-18)5-4-8-20-16/h6,11,20H,4-5,7-10,12H2,1-3H3,(H,21,22,23). The van der Waals surface area contributed by atoms with E-state index in [4.69, 9.17) is 9.72 Å². The minimum atomic E-state index is -0.0437. The van der Waals surface area contributed by atoms with Crippen LogP contribution in [0.1, 0.15) is 51.3 Å². The van der Waals surface area contributed by atoms with Crippen LogP contribution in [-0.4, -0.2) is 30.6 Å². The number of carbonyl (C=O) groups excluding carboxylic acids is 1. The molecular weight excluding hydrogens is 302 g/mol. The molecule has 5 nitrogen and oxygen atoms in total. The predicted octanol–water partition coefficient (Wildman–Crippen LogP) is 3.62. The van der Waals surface area contributed by atoms with E-state index in [0.29, 0.717) is 25.5 Å². The summed E-state index contributed by atoms with van der Waals surface area (Å²) < 4.78 is 5.42. The topological polar surface area (TPSA) is 63.2 Å². The molecule has 0 saturated heterocycles. The Morgan fingerprint density at radius 3 is 2.92 bits per heavy atom. The first-order valence-electron chi connectivity index (χ1n) is 8.77. The van der Waals surface area contributed by atoms with Gasteiger partial charge in [0.05, 0.1) is 24.6 Å². The van der Waals surface area contributed by atoms with Crippen LogP contribution >= 0.6 is 0 Å².